The summed E-state index contributed by atoms with van der Waals surface area (Å²) in [6, 6.07) is 11.4. The topological polar surface area (TPSA) is 66.5 Å². The Morgan fingerprint density at radius 2 is 1.85 bits per heavy atom. The lowest BCUT2D eigenvalue weighted by Gasteiger charge is -2.30. The van der Waals surface area contributed by atoms with Gasteiger partial charge in [0.15, 0.2) is 0 Å². The summed E-state index contributed by atoms with van der Waals surface area (Å²) in [6.07, 6.45) is 1.43. The molecule has 0 aromatic heterocycles. The zero-order chi connectivity index (χ0) is 19.5. The summed E-state index contributed by atoms with van der Waals surface area (Å²) in [7, 11) is -3.66. The number of carbonyl (C=O) groups excluding carboxylic acids is 1. The molecule has 2 aromatic rings. The van der Waals surface area contributed by atoms with Crippen LogP contribution in [0.1, 0.15) is 24.5 Å². The molecule has 0 bridgehead atoms. The lowest BCUT2D eigenvalue weighted by molar-refractivity contribution is -0.117. The van der Waals surface area contributed by atoms with E-state index in [2.05, 4.69) is 5.32 Å². The molecule has 7 heteroatoms. The molecule has 2 rings (SSSR count). The van der Waals surface area contributed by atoms with Crippen molar-refractivity contribution in [3.05, 3.63) is 58.6 Å². The second-order valence-electron chi connectivity index (χ2n) is 6.22. The highest BCUT2D eigenvalue weighted by Gasteiger charge is 2.31. The molecule has 0 fully saturated rings. The molecule has 0 aliphatic carbocycles. The number of halogens is 1. The van der Waals surface area contributed by atoms with Crippen molar-refractivity contribution < 1.29 is 13.2 Å². The molecule has 1 amide bonds. The van der Waals surface area contributed by atoms with Crippen LogP contribution in [0.15, 0.2) is 42.5 Å². The number of amides is 1. The molecular weight excluding hydrogens is 372 g/mol. The van der Waals surface area contributed by atoms with Crippen LogP contribution in [0.4, 0.5) is 11.4 Å². The van der Waals surface area contributed by atoms with Crippen molar-refractivity contribution in [2.45, 2.75) is 33.2 Å². The molecule has 0 radical (unpaired) electrons. The van der Waals surface area contributed by atoms with Gasteiger partial charge in [0, 0.05) is 10.7 Å². The smallest absolute Gasteiger partial charge is 0.248 e. The Morgan fingerprint density at radius 1 is 1.19 bits per heavy atom. The maximum Gasteiger partial charge on any atom is 0.248 e. The molecule has 2 aromatic carbocycles. The van der Waals surface area contributed by atoms with E-state index >= 15 is 0 Å². The van der Waals surface area contributed by atoms with E-state index in [0.29, 0.717) is 22.8 Å². The lowest BCUT2D eigenvalue weighted by Crippen LogP contribution is -2.47. The standard InChI is InChI=1S/C19H23ClN2O3S/c1-5-18(19(23)21-17-11-7-10-16(20)14(17)3)22(26(4,24)25)15-9-6-8-13(2)12-15/h6-12,18H,5H2,1-4H3,(H,21,23)/t18-/m1/s1. The third-order valence-corrected chi connectivity index (χ3v) is 5.70. The van der Waals surface area contributed by atoms with Crippen LogP contribution < -0.4 is 9.62 Å². The van der Waals surface area contributed by atoms with Crippen LogP contribution in [0.3, 0.4) is 0 Å². The highest BCUT2D eigenvalue weighted by Crippen LogP contribution is 2.26. The van der Waals surface area contributed by atoms with Gasteiger partial charge in [-0.1, -0.05) is 36.7 Å². The van der Waals surface area contributed by atoms with Crippen molar-refractivity contribution in [2.24, 2.45) is 0 Å². The molecule has 26 heavy (non-hydrogen) atoms. The van der Waals surface area contributed by atoms with Gasteiger partial charge in [-0.25, -0.2) is 8.42 Å². The predicted molar refractivity (Wildman–Crippen MR) is 107 cm³/mol. The third kappa shape index (κ3) is 4.56. The van der Waals surface area contributed by atoms with Crippen molar-refractivity contribution in [1.82, 2.24) is 0 Å². The van der Waals surface area contributed by atoms with Crippen LogP contribution in [-0.4, -0.2) is 26.6 Å². The molecule has 1 atom stereocenters. The van der Waals surface area contributed by atoms with E-state index in [0.717, 1.165) is 17.4 Å². The van der Waals surface area contributed by atoms with Gasteiger partial charge in [-0.2, -0.15) is 0 Å². The van der Waals surface area contributed by atoms with Gasteiger partial charge >= 0.3 is 0 Å². The maximum absolute atomic E-state index is 12.9. The molecule has 0 heterocycles. The number of carbonyl (C=O) groups is 1. The van der Waals surface area contributed by atoms with Gasteiger partial charge < -0.3 is 5.32 Å². The first-order valence-corrected chi connectivity index (χ1v) is 10.5. The fraction of sp³-hybridized carbons (Fsp3) is 0.316. The number of hydrogen-bond donors (Lipinski definition) is 1. The number of nitrogens with one attached hydrogen (secondary N) is 1. The molecule has 5 nitrogen and oxygen atoms in total. The number of benzene rings is 2. The highest BCUT2D eigenvalue weighted by molar-refractivity contribution is 7.92. The van der Waals surface area contributed by atoms with E-state index in [1.807, 2.05) is 13.0 Å². The van der Waals surface area contributed by atoms with Crippen LogP contribution in [0.25, 0.3) is 0 Å². The Hall–Kier alpha value is -2.05. The summed E-state index contributed by atoms with van der Waals surface area (Å²) in [4.78, 5) is 12.9. The average Bonchev–Trinajstić information content (AvgIpc) is 2.55. The second-order valence-corrected chi connectivity index (χ2v) is 8.49. The van der Waals surface area contributed by atoms with Crippen LogP contribution in [0, 0.1) is 13.8 Å². The van der Waals surface area contributed by atoms with Crippen LogP contribution in [0.5, 0.6) is 0 Å². The monoisotopic (exact) mass is 394 g/mol. The van der Waals surface area contributed by atoms with E-state index < -0.39 is 22.0 Å². The zero-order valence-corrected chi connectivity index (χ0v) is 16.9. The molecule has 1 N–H and O–H groups in total. The van der Waals surface area contributed by atoms with E-state index in [4.69, 9.17) is 11.6 Å². The van der Waals surface area contributed by atoms with Crippen molar-refractivity contribution in [2.75, 3.05) is 15.9 Å². The predicted octanol–water partition coefficient (Wildman–Crippen LogP) is 4.14. The van der Waals surface area contributed by atoms with Crippen LogP contribution in [-0.2, 0) is 14.8 Å². The Balaban J connectivity index is 2.42. The second kappa shape index (κ2) is 8.10. The third-order valence-electron chi connectivity index (χ3n) is 4.11. The first kappa shape index (κ1) is 20.3. The van der Waals surface area contributed by atoms with Crippen LogP contribution >= 0.6 is 11.6 Å². The average molecular weight is 395 g/mol. The van der Waals surface area contributed by atoms with Gasteiger partial charge in [0.1, 0.15) is 6.04 Å². The minimum atomic E-state index is -3.66. The van der Waals surface area contributed by atoms with Crippen molar-refractivity contribution in [3.8, 4) is 0 Å². The first-order chi connectivity index (χ1) is 12.1. The van der Waals surface area contributed by atoms with Crippen molar-refractivity contribution in [1.29, 1.82) is 0 Å². The maximum atomic E-state index is 12.9. The number of sulfonamides is 1. The van der Waals surface area contributed by atoms with Crippen LogP contribution in [0.2, 0.25) is 5.02 Å². The minimum absolute atomic E-state index is 0.326. The highest BCUT2D eigenvalue weighted by atomic mass is 35.5. The molecule has 0 aliphatic heterocycles. The number of hydrogen-bond acceptors (Lipinski definition) is 3. The summed E-state index contributed by atoms with van der Waals surface area (Å²) in [5, 5.41) is 3.35. The Morgan fingerprint density at radius 3 is 2.42 bits per heavy atom. The van der Waals surface area contributed by atoms with Crippen molar-refractivity contribution >= 4 is 38.9 Å². The minimum Gasteiger partial charge on any atom is -0.324 e. The van der Waals surface area contributed by atoms with E-state index in [9.17, 15) is 13.2 Å². The summed E-state index contributed by atoms with van der Waals surface area (Å²) < 4.78 is 26.1. The molecule has 0 unspecified atom stereocenters. The van der Waals surface area contributed by atoms with Gasteiger partial charge in [0.25, 0.3) is 0 Å². The molecule has 0 aliphatic rings. The van der Waals surface area contributed by atoms with E-state index in [-0.39, 0.29) is 0 Å². The molecule has 0 spiro atoms. The number of nitrogens with zero attached hydrogens (tertiary/aromatic N) is 1. The summed E-state index contributed by atoms with van der Waals surface area (Å²) in [5.74, 6) is -0.398. The molecule has 140 valence electrons. The summed E-state index contributed by atoms with van der Waals surface area (Å²) >= 11 is 6.10. The van der Waals surface area contributed by atoms with Gasteiger partial charge in [-0.15, -0.1) is 0 Å². The SMILES string of the molecule is CC[C@H](C(=O)Nc1cccc(Cl)c1C)N(c1cccc(C)c1)S(C)(=O)=O. The molecular formula is C19H23ClN2O3S. The zero-order valence-electron chi connectivity index (χ0n) is 15.3. The largest absolute Gasteiger partial charge is 0.324 e. The van der Waals surface area contributed by atoms with E-state index in [1.54, 1.807) is 50.2 Å². The summed E-state index contributed by atoms with van der Waals surface area (Å²) in [5.41, 5.74) is 2.69. The fourth-order valence-electron chi connectivity index (χ4n) is 2.78. The first-order valence-electron chi connectivity index (χ1n) is 8.27. The van der Waals surface area contributed by atoms with Crippen molar-refractivity contribution in [3.63, 3.8) is 0 Å². The number of aryl methyl sites for hydroxylation is 1. The van der Waals surface area contributed by atoms with Gasteiger partial charge in [0.2, 0.25) is 15.9 Å². The Bertz CT molecular complexity index is 913. The quantitative estimate of drug-likeness (QED) is 0.800. The van der Waals surface area contributed by atoms with E-state index in [1.165, 1.54) is 4.31 Å². The number of anilines is 2. The normalized spacial score (nSPS) is 12.5. The molecule has 0 saturated carbocycles. The van der Waals surface area contributed by atoms with Gasteiger partial charge in [-0.3, -0.25) is 9.10 Å². The van der Waals surface area contributed by atoms with Gasteiger partial charge in [0.05, 0.1) is 11.9 Å². The Labute approximate surface area is 160 Å². The Kier molecular flexibility index (Phi) is 6.31. The fourth-order valence-corrected chi connectivity index (χ4v) is 4.16. The molecule has 0 saturated heterocycles. The summed E-state index contributed by atoms with van der Waals surface area (Å²) in [6.45, 7) is 5.46. The van der Waals surface area contributed by atoms with Gasteiger partial charge in [-0.05, 0) is 55.7 Å². The lowest BCUT2D eigenvalue weighted by atomic mass is 10.1. The number of rotatable bonds is 6.